The van der Waals surface area contributed by atoms with E-state index < -0.39 is 0 Å². The first-order chi connectivity index (χ1) is 13.8. The highest BCUT2D eigenvalue weighted by molar-refractivity contribution is 9.09. The molecule has 0 aliphatic carbocycles. The first-order valence-corrected chi connectivity index (χ1v) is 10.7. The van der Waals surface area contributed by atoms with Crippen molar-refractivity contribution in [3.8, 4) is 0 Å². The Labute approximate surface area is 195 Å². The van der Waals surface area contributed by atoms with Gasteiger partial charge in [-0.2, -0.15) is 0 Å². The fourth-order valence-electron chi connectivity index (χ4n) is 3.30. The van der Waals surface area contributed by atoms with Gasteiger partial charge >= 0.3 is 0 Å². The third-order valence-electron chi connectivity index (χ3n) is 5.07. The Hall–Kier alpha value is -1.42. The van der Waals surface area contributed by atoms with Crippen LogP contribution in [0.2, 0.25) is 0 Å². The largest absolute Gasteiger partial charge is 0.440 e. The van der Waals surface area contributed by atoms with E-state index in [0.717, 1.165) is 12.1 Å². The van der Waals surface area contributed by atoms with Crippen LogP contribution in [0.1, 0.15) is 27.7 Å². The molecule has 0 spiro atoms. The third-order valence-corrected chi connectivity index (χ3v) is 5.57. The van der Waals surface area contributed by atoms with Crippen LogP contribution in [0.5, 0.6) is 0 Å². The van der Waals surface area contributed by atoms with Crippen molar-refractivity contribution in [1.29, 1.82) is 0 Å². The number of hydrogen-bond donors (Lipinski definition) is 0. The van der Waals surface area contributed by atoms with E-state index in [1.807, 2.05) is 36.9 Å². The molecule has 2 aromatic rings. The topological polar surface area (TPSA) is 66.2 Å². The molecule has 30 heavy (non-hydrogen) atoms. The van der Waals surface area contributed by atoms with Gasteiger partial charge in [-0.1, -0.05) is 15.9 Å². The molecule has 1 aromatic carbocycles. The second kappa shape index (κ2) is 10.7. The number of halogens is 2. The lowest BCUT2D eigenvalue weighted by molar-refractivity contribution is 0.0786. The average molecular weight is 547 g/mol. The smallest absolute Gasteiger partial charge is 0.253 e. The van der Waals surface area contributed by atoms with Crippen molar-refractivity contribution in [1.82, 2.24) is 9.80 Å². The predicted molar refractivity (Wildman–Crippen MR) is 129 cm³/mol. The number of carbonyl (C=O) groups excluding carboxylic acids is 1. The zero-order valence-electron chi connectivity index (χ0n) is 17.8. The summed E-state index contributed by atoms with van der Waals surface area (Å²) in [4.78, 5) is 31.5. The molecule has 166 valence electrons. The summed E-state index contributed by atoms with van der Waals surface area (Å²) in [6, 6.07) is 4.99. The van der Waals surface area contributed by atoms with Crippen molar-refractivity contribution in [2.75, 3.05) is 65.4 Å². The maximum Gasteiger partial charge on any atom is 0.253 e. The Bertz CT molecular complexity index is 940. The molecule has 1 aliphatic heterocycles. The zero-order chi connectivity index (χ0) is 21.1. The number of hydrogen-bond acceptors (Lipinski definition) is 6. The number of likely N-dealkylation sites (N-methyl/N-ethyl adjacent to an activating group) is 2. The number of alkyl halides is 1. The van der Waals surface area contributed by atoms with Gasteiger partial charge < -0.3 is 23.9 Å². The van der Waals surface area contributed by atoms with Crippen LogP contribution in [0.3, 0.4) is 0 Å². The second-order valence-corrected chi connectivity index (χ2v) is 9.01. The molecule has 1 amide bonds. The minimum Gasteiger partial charge on any atom is -0.440 e. The Morgan fingerprint density at radius 1 is 1.17 bits per heavy atom. The molecular formula is C21H29Br2N3O4. The van der Waals surface area contributed by atoms with Crippen molar-refractivity contribution < 1.29 is 13.9 Å². The van der Waals surface area contributed by atoms with Crippen molar-refractivity contribution in [2.45, 2.75) is 11.8 Å². The van der Waals surface area contributed by atoms with E-state index in [2.05, 4.69) is 15.9 Å². The normalized spacial score (nSPS) is 15.2. The van der Waals surface area contributed by atoms with Crippen LogP contribution in [-0.2, 0) is 4.74 Å². The van der Waals surface area contributed by atoms with E-state index in [1.165, 1.54) is 6.07 Å². The molecule has 3 rings (SSSR count). The van der Waals surface area contributed by atoms with Crippen molar-refractivity contribution in [3.05, 3.63) is 39.5 Å². The summed E-state index contributed by atoms with van der Waals surface area (Å²) in [5.74, 6) is 0.433. The number of carbonyl (C=O) groups is 1. The molecular weight excluding hydrogens is 518 g/mol. The lowest BCUT2D eigenvalue weighted by Crippen LogP contribution is -2.36. The monoisotopic (exact) mass is 545 g/mol. The number of rotatable bonds is 6. The van der Waals surface area contributed by atoms with Crippen LogP contribution in [0.4, 0.5) is 5.88 Å². The van der Waals surface area contributed by atoms with Crippen molar-refractivity contribution >= 4 is 55.7 Å². The summed E-state index contributed by atoms with van der Waals surface area (Å²) in [6.45, 7) is 5.91. The van der Waals surface area contributed by atoms with Crippen LogP contribution in [0.25, 0.3) is 11.0 Å². The molecule has 0 saturated carbocycles. The van der Waals surface area contributed by atoms with E-state index in [4.69, 9.17) is 9.15 Å². The first-order valence-electron chi connectivity index (χ1n) is 9.76. The second-order valence-electron chi connectivity index (χ2n) is 7.64. The van der Waals surface area contributed by atoms with E-state index in [1.54, 1.807) is 18.0 Å². The number of morpholine rings is 1. The van der Waals surface area contributed by atoms with Gasteiger partial charge in [0.1, 0.15) is 5.58 Å². The molecule has 7 nitrogen and oxygen atoms in total. The van der Waals surface area contributed by atoms with Gasteiger partial charge in [0.25, 0.3) is 5.91 Å². The molecule has 1 aliphatic rings. The maximum atomic E-state index is 12.9. The average Bonchev–Trinajstić information content (AvgIpc) is 2.71. The van der Waals surface area contributed by atoms with E-state index >= 15 is 0 Å². The molecule has 0 N–H and O–H groups in total. The number of nitrogens with zero attached hydrogens (tertiary/aromatic N) is 3. The zero-order valence-corrected chi connectivity index (χ0v) is 21.1. The molecule has 1 atom stereocenters. The molecule has 0 bridgehead atoms. The van der Waals surface area contributed by atoms with Gasteiger partial charge in [0.2, 0.25) is 0 Å². The van der Waals surface area contributed by atoms with Gasteiger partial charge in [0.05, 0.1) is 18.6 Å². The Morgan fingerprint density at radius 3 is 2.43 bits per heavy atom. The van der Waals surface area contributed by atoms with Crippen molar-refractivity contribution in [2.24, 2.45) is 0 Å². The highest BCUT2D eigenvalue weighted by Crippen LogP contribution is 2.32. The fraction of sp³-hybridized carbons (Fsp3) is 0.524. The Balaban J connectivity index is 0.00000320. The van der Waals surface area contributed by atoms with Gasteiger partial charge in [-0.3, -0.25) is 9.59 Å². The summed E-state index contributed by atoms with van der Waals surface area (Å²) >= 11 is 3.59. The molecule has 9 heteroatoms. The van der Waals surface area contributed by atoms with E-state index in [9.17, 15) is 9.59 Å². The van der Waals surface area contributed by atoms with E-state index in [-0.39, 0.29) is 33.1 Å². The summed E-state index contributed by atoms with van der Waals surface area (Å²) < 4.78 is 11.5. The number of anilines is 1. The number of ether oxygens (including phenoxy) is 1. The Morgan fingerprint density at radius 2 is 1.83 bits per heavy atom. The number of fused-ring (bicyclic) bond motifs is 1. The van der Waals surface area contributed by atoms with E-state index in [0.29, 0.717) is 55.3 Å². The number of amides is 1. The maximum absolute atomic E-state index is 12.9. The molecule has 1 unspecified atom stereocenters. The fourth-order valence-corrected chi connectivity index (χ4v) is 3.64. The summed E-state index contributed by atoms with van der Waals surface area (Å²) in [5.41, 5.74) is 1.66. The molecule has 2 heterocycles. The minimum atomic E-state index is -0.146. The minimum absolute atomic E-state index is 0. The van der Waals surface area contributed by atoms with Crippen molar-refractivity contribution in [3.63, 3.8) is 0 Å². The third kappa shape index (κ3) is 5.63. The van der Waals surface area contributed by atoms with Crippen LogP contribution in [0, 0.1) is 0 Å². The summed E-state index contributed by atoms with van der Waals surface area (Å²) in [7, 11) is 5.71. The van der Waals surface area contributed by atoms with Gasteiger partial charge in [0, 0.05) is 55.2 Å². The van der Waals surface area contributed by atoms with Crippen LogP contribution >= 0.6 is 32.9 Å². The Kier molecular flexibility index (Phi) is 8.90. The molecule has 1 aromatic heterocycles. The SMILES string of the molecule is Br.CC(Br)c1cc(C(=O)N(C)CCN(C)C)cc2c(=O)cc(N3CCOCC3)oc12. The summed E-state index contributed by atoms with van der Waals surface area (Å²) in [6.07, 6.45) is 0. The molecule has 1 fully saturated rings. The lowest BCUT2D eigenvalue weighted by Gasteiger charge is -2.27. The molecule has 0 radical (unpaired) electrons. The van der Waals surface area contributed by atoms with Crippen LogP contribution in [0.15, 0.2) is 27.4 Å². The van der Waals surface area contributed by atoms with Gasteiger partial charge in [-0.15, -0.1) is 17.0 Å². The lowest BCUT2D eigenvalue weighted by atomic mass is 10.0. The van der Waals surface area contributed by atoms with Gasteiger partial charge in [0.15, 0.2) is 11.3 Å². The van der Waals surface area contributed by atoms with Gasteiger partial charge in [-0.25, -0.2) is 0 Å². The highest BCUT2D eigenvalue weighted by Gasteiger charge is 2.21. The summed E-state index contributed by atoms with van der Waals surface area (Å²) in [5, 5.41) is 0.426. The van der Waals surface area contributed by atoms with Crippen LogP contribution in [-0.4, -0.2) is 76.2 Å². The van der Waals surface area contributed by atoms with Crippen LogP contribution < -0.4 is 10.3 Å². The predicted octanol–water partition coefficient (Wildman–Crippen LogP) is 3.30. The first kappa shape index (κ1) is 24.8. The quantitative estimate of drug-likeness (QED) is 0.518. The molecule has 1 saturated heterocycles. The standard InChI is InChI=1S/C21H28BrN3O4.BrH/c1-14(22)16-11-15(21(27)24(4)6-5-23(2)3)12-17-18(26)13-19(29-20(16)17)25-7-9-28-10-8-25;/h11-14H,5-10H2,1-4H3;1H. The number of benzene rings is 1. The van der Waals surface area contributed by atoms with Gasteiger partial charge in [-0.05, 0) is 33.2 Å². The highest BCUT2D eigenvalue weighted by atomic mass is 79.9.